The van der Waals surface area contributed by atoms with Crippen LogP contribution in [0.3, 0.4) is 0 Å². The van der Waals surface area contributed by atoms with E-state index in [0.29, 0.717) is 0 Å². The third kappa shape index (κ3) is 1.24. The second-order valence-electron chi connectivity index (χ2n) is 1.43. The van der Waals surface area contributed by atoms with Crippen molar-refractivity contribution in [3.63, 3.8) is 0 Å². The van der Waals surface area contributed by atoms with Crippen LogP contribution in [0.2, 0.25) is 0 Å². The number of allylic oxidation sites excluding steroid dienone is 4. The van der Waals surface area contributed by atoms with E-state index in [9.17, 15) is 5.21 Å². The van der Waals surface area contributed by atoms with Crippen LogP contribution < -0.4 is 0 Å². The highest BCUT2D eigenvalue weighted by atomic mass is 16.5. The summed E-state index contributed by atoms with van der Waals surface area (Å²) >= 11 is 0. The molecule has 0 bridgehead atoms. The first-order chi connectivity index (χ1) is 3.89. The lowest BCUT2D eigenvalue weighted by atomic mass is 10.5. The van der Waals surface area contributed by atoms with E-state index in [4.69, 9.17) is 0 Å². The summed E-state index contributed by atoms with van der Waals surface area (Å²) in [6.07, 6.45) is 9.86. The smallest absolute Gasteiger partial charge is 0.0358 e. The summed E-state index contributed by atoms with van der Waals surface area (Å²) < 4.78 is 0. The van der Waals surface area contributed by atoms with Crippen molar-refractivity contribution in [1.82, 2.24) is 5.06 Å². The summed E-state index contributed by atoms with van der Waals surface area (Å²) in [5, 5.41) is 11.1. The average Bonchev–Trinajstić information content (AvgIpc) is 1.94. The molecule has 0 aliphatic carbocycles. The summed E-state index contributed by atoms with van der Waals surface area (Å²) in [5.41, 5.74) is 0. The topological polar surface area (TPSA) is 23.1 Å². The van der Waals surface area contributed by atoms with Crippen LogP contribution in [0.1, 0.15) is 0 Å². The van der Waals surface area contributed by atoms with Gasteiger partial charge in [-0.1, -0.05) is 17.4 Å². The van der Waals surface area contributed by atoms with Crippen molar-refractivity contribution in [2.24, 2.45) is 0 Å². The Morgan fingerprint density at radius 3 is 1.88 bits per heavy atom. The highest BCUT2D eigenvalue weighted by molar-refractivity contribution is 5.13. The Bertz CT molecular complexity index is 131. The van der Waals surface area contributed by atoms with Gasteiger partial charge in [-0.2, -0.15) is 0 Å². The average molecular weight is 108 g/mol. The van der Waals surface area contributed by atoms with E-state index < -0.39 is 0 Å². The number of nitrogens with zero attached hydrogens (tertiary/aromatic N) is 1. The maximum Gasteiger partial charge on any atom is 0.0358 e. The van der Waals surface area contributed by atoms with Gasteiger partial charge in [0.25, 0.3) is 0 Å². The number of hydroxylamine groups is 2. The highest BCUT2D eigenvalue weighted by Gasteiger charge is 1.84. The van der Waals surface area contributed by atoms with Crippen molar-refractivity contribution in [2.75, 3.05) is 0 Å². The van der Waals surface area contributed by atoms with Crippen molar-refractivity contribution < 1.29 is 5.21 Å². The van der Waals surface area contributed by atoms with Crippen molar-refractivity contribution in [2.45, 2.75) is 0 Å². The van der Waals surface area contributed by atoms with E-state index in [1.165, 1.54) is 12.4 Å². The van der Waals surface area contributed by atoms with E-state index in [1.807, 2.05) is 0 Å². The molecular weight excluding hydrogens is 102 g/mol. The molecule has 0 aromatic carbocycles. The van der Waals surface area contributed by atoms with Gasteiger partial charge in [0.15, 0.2) is 0 Å². The van der Waals surface area contributed by atoms with Crippen LogP contribution in [0, 0.1) is 0 Å². The molecule has 0 fully saturated rings. The molecule has 2 heteroatoms. The van der Waals surface area contributed by atoms with Gasteiger partial charge in [-0.15, -0.1) is 0 Å². The molecule has 1 rings (SSSR count). The van der Waals surface area contributed by atoms with Gasteiger partial charge in [0.1, 0.15) is 0 Å². The molecule has 0 unspecified atom stereocenters. The van der Waals surface area contributed by atoms with Gasteiger partial charge >= 0.3 is 0 Å². The first-order valence-corrected chi connectivity index (χ1v) is 2.37. The fourth-order valence-corrected chi connectivity index (χ4v) is 0.447. The molecule has 0 atom stereocenters. The van der Waals surface area contributed by atoms with E-state index in [2.05, 4.69) is 0 Å². The Labute approximate surface area is 48.0 Å². The first-order valence-electron chi connectivity index (χ1n) is 2.37. The minimum absolute atomic E-state index is 0.750. The molecule has 1 aliphatic rings. The minimum atomic E-state index is 0.750. The predicted molar refractivity (Wildman–Crippen MR) is 29.9 cm³/mol. The summed E-state index contributed by atoms with van der Waals surface area (Å²) in [6, 6.07) is 0. The van der Waals surface area contributed by atoms with Crippen LogP contribution in [-0.4, -0.2) is 5.06 Å². The van der Waals surface area contributed by atoms with Gasteiger partial charge in [0.05, 0.1) is 0 Å². The molecule has 0 amide bonds. The third-order valence-corrected chi connectivity index (χ3v) is 0.799. The molecule has 0 spiro atoms. The second kappa shape index (κ2) is 2.33. The van der Waals surface area contributed by atoms with Crippen LogP contribution in [0.4, 0.5) is 0 Å². The largest absolute Gasteiger partial charge is 0.203 e. The molecule has 41 valence electrons. The molecular formula is C6H6NO. The normalized spacial score (nSPS) is 16.9. The molecule has 0 saturated heterocycles. The maximum absolute atomic E-state index is 10.4. The molecule has 0 N–H and O–H groups in total. The molecule has 0 aromatic heterocycles. The summed E-state index contributed by atoms with van der Waals surface area (Å²) in [4.78, 5) is 0. The fourth-order valence-electron chi connectivity index (χ4n) is 0.447. The second-order valence-corrected chi connectivity index (χ2v) is 1.43. The lowest BCUT2D eigenvalue weighted by Gasteiger charge is -1.95. The Kier molecular flexibility index (Phi) is 1.49. The molecule has 0 aromatic rings. The lowest BCUT2D eigenvalue weighted by molar-refractivity contribution is -0.0679. The molecule has 2 nitrogen and oxygen atoms in total. The van der Waals surface area contributed by atoms with E-state index in [1.54, 1.807) is 24.3 Å². The van der Waals surface area contributed by atoms with Crippen LogP contribution >= 0.6 is 0 Å². The van der Waals surface area contributed by atoms with Crippen LogP contribution in [0.25, 0.3) is 0 Å². The number of hydrogen-bond donors (Lipinski definition) is 0. The van der Waals surface area contributed by atoms with Crippen molar-refractivity contribution in [1.29, 1.82) is 0 Å². The van der Waals surface area contributed by atoms with Crippen molar-refractivity contribution in [3.8, 4) is 0 Å². The maximum atomic E-state index is 10.4. The molecule has 1 radical (unpaired) electrons. The van der Waals surface area contributed by atoms with Crippen molar-refractivity contribution in [3.05, 3.63) is 36.7 Å². The summed E-state index contributed by atoms with van der Waals surface area (Å²) in [7, 11) is 0. The molecule has 1 heterocycles. The van der Waals surface area contributed by atoms with E-state index in [0.717, 1.165) is 5.06 Å². The number of rotatable bonds is 0. The quantitative estimate of drug-likeness (QED) is 0.457. The van der Waals surface area contributed by atoms with Gasteiger partial charge < -0.3 is 0 Å². The van der Waals surface area contributed by atoms with Crippen molar-refractivity contribution >= 4 is 0 Å². The standard InChI is InChI=1S/C6H6NO/c8-7-5-3-1-2-4-6-7/h1-6H. The Balaban J connectivity index is 2.66. The van der Waals surface area contributed by atoms with Gasteiger partial charge in [0, 0.05) is 12.4 Å². The lowest BCUT2D eigenvalue weighted by Crippen LogP contribution is -1.96. The van der Waals surface area contributed by atoms with Crippen LogP contribution in [-0.2, 0) is 5.21 Å². The highest BCUT2D eigenvalue weighted by Crippen LogP contribution is 1.92. The number of hydrogen-bond acceptors (Lipinski definition) is 1. The zero-order chi connectivity index (χ0) is 5.82. The fraction of sp³-hybridized carbons (Fsp3) is 0. The Hall–Kier alpha value is -1.02. The van der Waals surface area contributed by atoms with Gasteiger partial charge in [-0.05, 0) is 12.2 Å². The van der Waals surface area contributed by atoms with Crippen LogP contribution in [0.5, 0.6) is 0 Å². The molecule has 1 aliphatic heterocycles. The zero-order valence-corrected chi connectivity index (χ0v) is 4.32. The summed E-state index contributed by atoms with van der Waals surface area (Å²) in [5.74, 6) is 0. The van der Waals surface area contributed by atoms with Gasteiger partial charge in [0.2, 0.25) is 0 Å². The monoisotopic (exact) mass is 108 g/mol. The van der Waals surface area contributed by atoms with Gasteiger partial charge in [-0.25, -0.2) is 5.06 Å². The molecule has 0 saturated carbocycles. The SMILES string of the molecule is [O]N1C=CC=CC=C1. The first kappa shape index (κ1) is 5.12. The zero-order valence-electron chi connectivity index (χ0n) is 4.32. The van der Waals surface area contributed by atoms with E-state index >= 15 is 0 Å². The van der Waals surface area contributed by atoms with Crippen LogP contribution in [0.15, 0.2) is 36.7 Å². The minimum Gasteiger partial charge on any atom is -0.203 e. The Morgan fingerprint density at radius 2 is 1.38 bits per heavy atom. The van der Waals surface area contributed by atoms with Gasteiger partial charge in [-0.3, -0.25) is 0 Å². The molecule has 8 heavy (non-hydrogen) atoms. The van der Waals surface area contributed by atoms with E-state index in [-0.39, 0.29) is 0 Å². The Morgan fingerprint density at radius 1 is 0.875 bits per heavy atom. The predicted octanol–water partition coefficient (Wildman–Crippen LogP) is 1.23. The third-order valence-electron chi connectivity index (χ3n) is 0.799. The summed E-state index contributed by atoms with van der Waals surface area (Å²) in [6.45, 7) is 0.